The molecule has 0 saturated carbocycles. The van der Waals surface area contributed by atoms with Crippen molar-refractivity contribution in [1.82, 2.24) is 9.97 Å². The highest BCUT2D eigenvalue weighted by Crippen LogP contribution is 2.33. The zero-order valence-corrected chi connectivity index (χ0v) is 12.3. The Labute approximate surface area is 132 Å². The minimum Gasteiger partial charge on any atom is -0.486 e. The largest absolute Gasteiger partial charge is 0.486 e. The van der Waals surface area contributed by atoms with Crippen molar-refractivity contribution in [3.8, 4) is 5.75 Å². The number of ether oxygens (including phenoxy) is 2. The molecule has 1 aliphatic rings. The van der Waals surface area contributed by atoms with Crippen LogP contribution in [0.4, 0.5) is 11.5 Å². The van der Waals surface area contributed by atoms with Gasteiger partial charge >= 0.3 is 0 Å². The third-order valence-corrected chi connectivity index (χ3v) is 3.47. The van der Waals surface area contributed by atoms with Gasteiger partial charge in [0.25, 0.3) is 0 Å². The summed E-state index contributed by atoms with van der Waals surface area (Å²) in [4.78, 5) is 19.7. The first-order valence-corrected chi connectivity index (χ1v) is 7.08. The first-order chi connectivity index (χ1) is 11.2. The highest BCUT2D eigenvalue weighted by Gasteiger charge is 2.20. The number of carbonyl (C=O) groups excluding carboxylic acids is 1. The Balaban J connectivity index is 2.04. The number of hydrogen-bond acceptors (Lipinski definition) is 7. The van der Waals surface area contributed by atoms with Gasteiger partial charge in [-0.3, -0.25) is 15.5 Å². The van der Waals surface area contributed by atoms with E-state index in [4.69, 9.17) is 14.7 Å². The summed E-state index contributed by atoms with van der Waals surface area (Å²) >= 11 is 0. The molecule has 1 fully saturated rings. The molecule has 23 heavy (non-hydrogen) atoms. The van der Waals surface area contributed by atoms with E-state index in [9.17, 15) is 4.79 Å². The molecule has 8 nitrogen and oxygen atoms in total. The van der Waals surface area contributed by atoms with Crippen molar-refractivity contribution >= 4 is 28.3 Å². The van der Waals surface area contributed by atoms with E-state index in [-0.39, 0.29) is 17.8 Å². The second kappa shape index (κ2) is 6.59. The highest BCUT2D eigenvalue weighted by atomic mass is 16.5. The van der Waals surface area contributed by atoms with E-state index in [0.29, 0.717) is 35.6 Å². The topological polar surface area (TPSA) is 106 Å². The molecule has 120 valence electrons. The third kappa shape index (κ3) is 3.22. The number of aromatic nitrogens is 2. The Hall–Kier alpha value is -2.71. The number of benzene rings is 1. The zero-order valence-electron chi connectivity index (χ0n) is 12.3. The maximum Gasteiger partial charge on any atom is 0.247 e. The minimum absolute atomic E-state index is 0.0795. The van der Waals surface area contributed by atoms with Crippen LogP contribution in [0.2, 0.25) is 0 Å². The molecule has 2 aromatic rings. The fraction of sp³-hybridized carbons (Fsp3) is 0.267. The molecular formula is C15H16N4O4. The Morgan fingerprint density at radius 2 is 2.35 bits per heavy atom. The zero-order chi connectivity index (χ0) is 16.2. The molecule has 1 amide bonds. The molecule has 1 saturated heterocycles. The van der Waals surface area contributed by atoms with Crippen molar-refractivity contribution in [2.75, 3.05) is 24.0 Å². The number of hydrogen-bond donors (Lipinski definition) is 3. The maximum atomic E-state index is 11.7. The van der Waals surface area contributed by atoms with Gasteiger partial charge in [-0.25, -0.2) is 9.97 Å². The van der Waals surface area contributed by atoms with Gasteiger partial charge in [-0.05, 0) is 12.1 Å². The summed E-state index contributed by atoms with van der Waals surface area (Å²) in [6, 6.07) is 3.33. The monoisotopic (exact) mass is 316 g/mol. The van der Waals surface area contributed by atoms with Crippen LogP contribution >= 0.6 is 0 Å². The van der Waals surface area contributed by atoms with E-state index >= 15 is 0 Å². The van der Waals surface area contributed by atoms with E-state index in [0.717, 1.165) is 6.42 Å². The van der Waals surface area contributed by atoms with Gasteiger partial charge in [0.15, 0.2) is 5.82 Å². The number of nitrogens with zero attached hydrogens (tertiary/aromatic N) is 2. The number of anilines is 2. The summed E-state index contributed by atoms with van der Waals surface area (Å²) < 4.78 is 11.2. The van der Waals surface area contributed by atoms with E-state index in [1.165, 1.54) is 12.4 Å². The van der Waals surface area contributed by atoms with Gasteiger partial charge in [0.1, 0.15) is 18.2 Å². The van der Waals surface area contributed by atoms with Crippen LogP contribution in [0.1, 0.15) is 6.42 Å². The Kier molecular flexibility index (Phi) is 4.35. The Bertz CT molecular complexity index is 744. The van der Waals surface area contributed by atoms with Gasteiger partial charge in [-0.1, -0.05) is 6.58 Å². The first kappa shape index (κ1) is 15.2. The predicted octanol–water partition coefficient (Wildman–Crippen LogP) is 1.72. The highest BCUT2D eigenvalue weighted by molar-refractivity contribution is 6.03. The minimum atomic E-state index is -0.368. The fourth-order valence-corrected chi connectivity index (χ4v) is 2.34. The normalized spacial score (nSPS) is 17.0. The molecule has 0 spiro atoms. The van der Waals surface area contributed by atoms with E-state index < -0.39 is 0 Å². The van der Waals surface area contributed by atoms with Crippen LogP contribution in [0.25, 0.3) is 10.9 Å². The molecule has 1 aromatic carbocycles. The number of rotatable bonds is 5. The van der Waals surface area contributed by atoms with Crippen LogP contribution in [-0.2, 0) is 9.53 Å². The molecule has 0 unspecified atom stereocenters. The summed E-state index contributed by atoms with van der Waals surface area (Å²) in [5.74, 6) is 0.345. The van der Waals surface area contributed by atoms with Gasteiger partial charge < -0.3 is 14.8 Å². The molecule has 0 bridgehead atoms. The quantitative estimate of drug-likeness (QED) is 0.569. The molecule has 1 aliphatic heterocycles. The second-order valence-electron chi connectivity index (χ2n) is 5.00. The number of carbonyl (C=O) groups is 1. The summed E-state index contributed by atoms with van der Waals surface area (Å²) in [6.45, 7) is 4.58. The van der Waals surface area contributed by atoms with Crippen LogP contribution in [-0.4, -0.2) is 40.4 Å². The second-order valence-corrected chi connectivity index (χ2v) is 5.00. The molecule has 3 rings (SSSR count). The molecule has 3 N–H and O–H groups in total. The van der Waals surface area contributed by atoms with Gasteiger partial charge in [0, 0.05) is 17.9 Å². The summed E-state index contributed by atoms with van der Waals surface area (Å²) in [6.07, 6.45) is 3.19. The lowest BCUT2D eigenvalue weighted by atomic mass is 10.2. The van der Waals surface area contributed by atoms with Crippen molar-refractivity contribution < 1.29 is 19.5 Å². The molecular weight excluding hydrogens is 300 g/mol. The van der Waals surface area contributed by atoms with E-state index in [2.05, 4.69) is 21.9 Å². The maximum absolute atomic E-state index is 11.7. The lowest BCUT2D eigenvalue weighted by molar-refractivity contribution is -0.111. The smallest absolute Gasteiger partial charge is 0.247 e. The SMILES string of the molecule is C=CC(=O)Nc1cc2c(NO)ncnc2cc1O[C@H]1CCOC1. The van der Waals surface area contributed by atoms with Gasteiger partial charge in [-0.2, -0.15) is 0 Å². The van der Waals surface area contributed by atoms with E-state index in [1.807, 2.05) is 5.48 Å². The van der Waals surface area contributed by atoms with Crippen LogP contribution in [0.3, 0.4) is 0 Å². The average Bonchev–Trinajstić information content (AvgIpc) is 3.07. The van der Waals surface area contributed by atoms with Gasteiger partial charge in [0.2, 0.25) is 5.91 Å². The van der Waals surface area contributed by atoms with Crippen molar-refractivity contribution in [3.63, 3.8) is 0 Å². The summed E-state index contributed by atoms with van der Waals surface area (Å²) in [7, 11) is 0. The van der Waals surface area contributed by atoms with Crippen LogP contribution < -0.4 is 15.5 Å². The third-order valence-electron chi connectivity index (χ3n) is 3.47. The molecule has 8 heteroatoms. The van der Waals surface area contributed by atoms with Crippen molar-refractivity contribution in [2.24, 2.45) is 0 Å². The van der Waals surface area contributed by atoms with Crippen LogP contribution in [0, 0.1) is 0 Å². The van der Waals surface area contributed by atoms with Crippen molar-refractivity contribution in [1.29, 1.82) is 0 Å². The Morgan fingerprint density at radius 3 is 3.04 bits per heavy atom. The number of amides is 1. The molecule has 0 aliphatic carbocycles. The standard InChI is InChI=1S/C15H16N4O4/c1-2-14(20)18-12-5-10-11(16-8-17-15(10)19-21)6-13(12)23-9-3-4-22-7-9/h2,5-6,8-9,21H,1,3-4,7H2,(H,18,20)(H,16,17,19)/t9-/m0/s1. The lowest BCUT2D eigenvalue weighted by Crippen LogP contribution is -2.18. The molecule has 2 heterocycles. The Morgan fingerprint density at radius 1 is 1.48 bits per heavy atom. The van der Waals surface area contributed by atoms with Gasteiger partial charge in [-0.15, -0.1) is 0 Å². The van der Waals surface area contributed by atoms with Crippen molar-refractivity contribution in [2.45, 2.75) is 12.5 Å². The molecule has 0 radical (unpaired) electrons. The van der Waals surface area contributed by atoms with E-state index in [1.54, 1.807) is 12.1 Å². The van der Waals surface area contributed by atoms with Crippen LogP contribution in [0.15, 0.2) is 31.1 Å². The molecule has 1 atom stereocenters. The van der Waals surface area contributed by atoms with Gasteiger partial charge in [0.05, 0.1) is 24.4 Å². The first-order valence-electron chi connectivity index (χ1n) is 7.08. The summed E-state index contributed by atoms with van der Waals surface area (Å²) in [5, 5.41) is 12.4. The van der Waals surface area contributed by atoms with Crippen molar-refractivity contribution in [3.05, 3.63) is 31.1 Å². The average molecular weight is 316 g/mol. The lowest BCUT2D eigenvalue weighted by Gasteiger charge is -2.17. The number of nitrogens with one attached hydrogen (secondary N) is 2. The fourth-order valence-electron chi connectivity index (χ4n) is 2.34. The number of fused-ring (bicyclic) bond motifs is 1. The van der Waals surface area contributed by atoms with Crippen LogP contribution in [0.5, 0.6) is 5.75 Å². The predicted molar refractivity (Wildman–Crippen MR) is 83.6 cm³/mol. The summed E-state index contributed by atoms with van der Waals surface area (Å²) in [5.41, 5.74) is 3.03. The molecule has 1 aromatic heterocycles.